The van der Waals surface area contributed by atoms with Crippen molar-refractivity contribution in [1.82, 2.24) is 14.7 Å². The van der Waals surface area contributed by atoms with Crippen molar-refractivity contribution in [2.75, 3.05) is 26.3 Å². The second-order valence-corrected chi connectivity index (χ2v) is 7.93. The summed E-state index contributed by atoms with van der Waals surface area (Å²) in [5.41, 5.74) is 4.53. The van der Waals surface area contributed by atoms with E-state index in [-0.39, 0.29) is 5.91 Å². The highest BCUT2D eigenvalue weighted by Gasteiger charge is 2.24. The van der Waals surface area contributed by atoms with Crippen LogP contribution in [0.3, 0.4) is 0 Å². The molecule has 7 nitrogen and oxygen atoms in total. The van der Waals surface area contributed by atoms with E-state index in [0.717, 1.165) is 28.1 Å². The first-order chi connectivity index (χ1) is 16.0. The van der Waals surface area contributed by atoms with Crippen LogP contribution in [0.2, 0.25) is 0 Å². The van der Waals surface area contributed by atoms with Gasteiger partial charge in [0, 0.05) is 36.5 Å². The number of ether oxygens (including phenoxy) is 2. The summed E-state index contributed by atoms with van der Waals surface area (Å²) in [4.78, 5) is 26.6. The molecule has 3 aromatic rings. The summed E-state index contributed by atoms with van der Waals surface area (Å²) >= 11 is 0. The van der Waals surface area contributed by atoms with Crippen molar-refractivity contribution in [3.63, 3.8) is 0 Å². The van der Waals surface area contributed by atoms with Gasteiger partial charge in [-0.1, -0.05) is 48.0 Å². The molecule has 0 saturated carbocycles. The molecule has 0 radical (unpaired) electrons. The largest absolute Gasteiger partial charge is 0.449 e. The molecular formula is C26H27N3O4. The smallest absolute Gasteiger partial charge is 0.331 e. The number of nitrogens with zero attached hydrogens (tertiary/aromatic N) is 3. The molecule has 0 spiro atoms. The maximum Gasteiger partial charge on any atom is 0.331 e. The van der Waals surface area contributed by atoms with Crippen molar-refractivity contribution in [3.05, 3.63) is 78.0 Å². The standard InChI is InChI=1S/C26H27N3O4/c1-19-8-10-21(11-9-19)25-22(18-29(27-25)23-6-4-3-5-7-23)12-13-24(30)33-20(2)26(31)28-14-16-32-17-15-28/h3-13,18,20H,14-17H2,1-2H3/b13-12+. The summed E-state index contributed by atoms with van der Waals surface area (Å²) < 4.78 is 12.4. The Morgan fingerprint density at radius 3 is 2.45 bits per heavy atom. The fraction of sp³-hybridized carbons (Fsp3) is 0.269. The summed E-state index contributed by atoms with van der Waals surface area (Å²) in [6, 6.07) is 17.8. The number of benzene rings is 2. The van der Waals surface area contributed by atoms with Crippen LogP contribution in [-0.2, 0) is 19.1 Å². The molecule has 1 fully saturated rings. The number of rotatable bonds is 6. The highest BCUT2D eigenvalue weighted by atomic mass is 16.5. The summed E-state index contributed by atoms with van der Waals surface area (Å²) in [6.07, 6.45) is 4.03. The highest BCUT2D eigenvalue weighted by Crippen LogP contribution is 2.25. The first kappa shape index (κ1) is 22.5. The number of esters is 1. The summed E-state index contributed by atoms with van der Waals surface area (Å²) in [7, 11) is 0. The first-order valence-electron chi connectivity index (χ1n) is 11.0. The zero-order chi connectivity index (χ0) is 23.2. The first-order valence-corrected chi connectivity index (χ1v) is 11.0. The zero-order valence-corrected chi connectivity index (χ0v) is 18.8. The second-order valence-electron chi connectivity index (χ2n) is 7.93. The number of aryl methyl sites for hydroxylation is 1. The Balaban J connectivity index is 1.53. The number of hydrogen-bond acceptors (Lipinski definition) is 5. The van der Waals surface area contributed by atoms with Gasteiger partial charge < -0.3 is 14.4 Å². The van der Waals surface area contributed by atoms with Crippen molar-refractivity contribution < 1.29 is 19.1 Å². The van der Waals surface area contributed by atoms with Gasteiger partial charge in [0.05, 0.1) is 24.6 Å². The van der Waals surface area contributed by atoms with Crippen LogP contribution in [0, 0.1) is 6.92 Å². The van der Waals surface area contributed by atoms with Gasteiger partial charge in [0.1, 0.15) is 0 Å². The Labute approximate surface area is 193 Å². The monoisotopic (exact) mass is 445 g/mol. The number of carbonyl (C=O) groups excluding carboxylic acids is 2. The van der Waals surface area contributed by atoms with Crippen molar-refractivity contribution in [2.24, 2.45) is 0 Å². The Kier molecular flexibility index (Phi) is 7.00. The lowest BCUT2D eigenvalue weighted by Crippen LogP contribution is -2.45. The Hall–Kier alpha value is -3.71. The predicted octanol–water partition coefficient (Wildman–Crippen LogP) is 3.65. The topological polar surface area (TPSA) is 73.7 Å². The van der Waals surface area contributed by atoms with Gasteiger partial charge in [-0.2, -0.15) is 5.10 Å². The van der Waals surface area contributed by atoms with E-state index in [0.29, 0.717) is 26.3 Å². The van der Waals surface area contributed by atoms with Crippen LogP contribution < -0.4 is 0 Å². The van der Waals surface area contributed by atoms with Gasteiger partial charge >= 0.3 is 5.97 Å². The van der Waals surface area contributed by atoms with Crippen molar-refractivity contribution >= 4 is 18.0 Å². The van der Waals surface area contributed by atoms with Gasteiger partial charge in [0.25, 0.3) is 5.91 Å². The fourth-order valence-electron chi connectivity index (χ4n) is 3.62. The summed E-state index contributed by atoms with van der Waals surface area (Å²) in [5, 5.41) is 4.75. The lowest BCUT2D eigenvalue weighted by atomic mass is 10.1. The lowest BCUT2D eigenvalue weighted by molar-refractivity contribution is -0.157. The molecule has 2 heterocycles. The molecule has 1 atom stereocenters. The fourth-order valence-corrected chi connectivity index (χ4v) is 3.62. The molecule has 1 amide bonds. The average molecular weight is 446 g/mol. The van der Waals surface area contributed by atoms with Crippen molar-refractivity contribution in [1.29, 1.82) is 0 Å². The quantitative estimate of drug-likeness (QED) is 0.428. The van der Waals surface area contributed by atoms with Crippen molar-refractivity contribution in [3.8, 4) is 16.9 Å². The minimum absolute atomic E-state index is 0.211. The molecule has 0 aliphatic carbocycles. The van der Waals surface area contributed by atoms with Gasteiger partial charge in [0.15, 0.2) is 6.10 Å². The molecule has 1 aliphatic rings. The van der Waals surface area contributed by atoms with Gasteiger partial charge in [-0.3, -0.25) is 4.79 Å². The van der Waals surface area contributed by atoms with Crippen LogP contribution in [0.5, 0.6) is 0 Å². The molecule has 7 heteroatoms. The SMILES string of the molecule is Cc1ccc(-c2nn(-c3ccccc3)cc2/C=C/C(=O)OC(C)C(=O)N2CCOCC2)cc1. The van der Waals surface area contributed by atoms with E-state index in [1.165, 1.54) is 6.08 Å². The highest BCUT2D eigenvalue weighted by molar-refractivity contribution is 5.91. The molecule has 2 aromatic carbocycles. The predicted molar refractivity (Wildman–Crippen MR) is 126 cm³/mol. The van der Waals surface area contributed by atoms with Gasteiger partial charge in [0.2, 0.25) is 0 Å². The lowest BCUT2D eigenvalue weighted by Gasteiger charge is -2.28. The van der Waals surface area contributed by atoms with E-state index in [4.69, 9.17) is 14.6 Å². The Bertz CT molecular complexity index is 1130. The van der Waals surface area contributed by atoms with Gasteiger partial charge in [-0.15, -0.1) is 0 Å². The van der Waals surface area contributed by atoms with E-state index in [1.807, 2.05) is 67.7 Å². The molecule has 1 aliphatic heterocycles. The molecule has 170 valence electrons. The summed E-state index contributed by atoms with van der Waals surface area (Å²) in [5.74, 6) is -0.788. The molecule has 33 heavy (non-hydrogen) atoms. The van der Waals surface area contributed by atoms with Crippen LogP contribution in [-0.4, -0.2) is 59.0 Å². The third kappa shape index (κ3) is 5.56. The third-order valence-electron chi connectivity index (χ3n) is 5.45. The number of hydrogen-bond donors (Lipinski definition) is 0. The average Bonchev–Trinajstić information content (AvgIpc) is 3.28. The van der Waals surface area contributed by atoms with Crippen LogP contribution >= 0.6 is 0 Å². The van der Waals surface area contributed by atoms with E-state index >= 15 is 0 Å². The molecule has 1 unspecified atom stereocenters. The second kappa shape index (κ2) is 10.3. The molecule has 1 saturated heterocycles. The van der Waals surface area contributed by atoms with Gasteiger partial charge in [-0.25, -0.2) is 9.48 Å². The Morgan fingerprint density at radius 1 is 1.06 bits per heavy atom. The van der Waals surface area contributed by atoms with E-state index in [9.17, 15) is 9.59 Å². The normalized spacial score (nSPS) is 14.9. The number of carbonyl (C=O) groups is 2. The minimum atomic E-state index is -0.858. The van der Waals surface area contributed by atoms with Crippen LogP contribution in [0.1, 0.15) is 18.1 Å². The minimum Gasteiger partial charge on any atom is -0.449 e. The molecule has 0 bridgehead atoms. The van der Waals surface area contributed by atoms with Crippen molar-refractivity contribution in [2.45, 2.75) is 20.0 Å². The van der Waals surface area contributed by atoms with E-state index < -0.39 is 12.1 Å². The van der Waals surface area contributed by atoms with Crippen LogP contribution in [0.4, 0.5) is 0 Å². The number of aromatic nitrogens is 2. The molecule has 1 aromatic heterocycles. The molecular weight excluding hydrogens is 418 g/mol. The molecule has 0 N–H and O–H groups in total. The zero-order valence-electron chi connectivity index (χ0n) is 18.8. The number of amides is 1. The van der Waals surface area contributed by atoms with Gasteiger partial charge in [-0.05, 0) is 32.1 Å². The van der Waals surface area contributed by atoms with Crippen LogP contribution in [0.15, 0.2) is 66.9 Å². The van der Waals surface area contributed by atoms with E-state index in [2.05, 4.69) is 0 Å². The maximum absolute atomic E-state index is 12.5. The Morgan fingerprint density at radius 2 is 1.76 bits per heavy atom. The third-order valence-corrected chi connectivity index (χ3v) is 5.45. The number of para-hydroxylation sites is 1. The maximum atomic E-state index is 12.5. The molecule has 4 rings (SSSR count). The van der Waals surface area contributed by atoms with Crippen LogP contribution in [0.25, 0.3) is 23.0 Å². The summed E-state index contributed by atoms with van der Waals surface area (Å²) in [6.45, 7) is 5.64. The van der Waals surface area contributed by atoms with E-state index in [1.54, 1.807) is 22.6 Å². The number of morpholine rings is 1.